The van der Waals surface area contributed by atoms with Crippen molar-refractivity contribution in [2.45, 2.75) is 18.7 Å². The van der Waals surface area contributed by atoms with E-state index in [-0.39, 0.29) is 0 Å². The molecule has 1 atom stereocenters. The molecule has 2 aromatic carbocycles. The highest BCUT2D eigenvalue weighted by atomic mass is 32.1. The third-order valence-electron chi connectivity index (χ3n) is 3.74. The van der Waals surface area contributed by atoms with Gasteiger partial charge in [-0.25, -0.2) is 4.98 Å². The molecule has 1 heterocycles. The minimum absolute atomic E-state index is 0.371. The summed E-state index contributed by atoms with van der Waals surface area (Å²) in [5, 5.41) is 12.9. The predicted octanol–water partition coefficient (Wildman–Crippen LogP) is 5.08. The van der Waals surface area contributed by atoms with Crippen molar-refractivity contribution in [3.05, 3.63) is 76.1 Å². The van der Waals surface area contributed by atoms with Gasteiger partial charge in [-0.15, -0.1) is 11.3 Å². The number of halogens is 3. The molecule has 124 valence electrons. The maximum absolute atomic E-state index is 12.8. The second-order valence-electron chi connectivity index (χ2n) is 5.55. The summed E-state index contributed by atoms with van der Waals surface area (Å²) in [6.45, 7) is 1.62. The van der Waals surface area contributed by atoms with Gasteiger partial charge >= 0.3 is 6.18 Å². The number of alkyl halides is 3. The predicted molar refractivity (Wildman–Crippen MR) is 87.7 cm³/mol. The lowest BCUT2D eigenvalue weighted by molar-refractivity contribution is -0.137. The topological polar surface area (TPSA) is 33.1 Å². The lowest BCUT2D eigenvalue weighted by Gasteiger charge is -2.21. The Morgan fingerprint density at radius 1 is 0.958 bits per heavy atom. The number of aliphatic hydroxyl groups is 1. The first-order chi connectivity index (χ1) is 11.3. The summed E-state index contributed by atoms with van der Waals surface area (Å²) in [7, 11) is 0. The maximum atomic E-state index is 12.8. The summed E-state index contributed by atoms with van der Waals surface area (Å²) < 4.78 is 38.5. The molecule has 0 saturated carbocycles. The highest BCUT2D eigenvalue weighted by Gasteiger charge is 2.31. The molecule has 0 amide bonds. The second kappa shape index (κ2) is 6.03. The molecule has 3 aromatic rings. The molecule has 2 nitrogen and oxygen atoms in total. The molecule has 0 saturated heterocycles. The summed E-state index contributed by atoms with van der Waals surface area (Å²) in [5.74, 6) is 0. The maximum Gasteiger partial charge on any atom is 0.416 e. The van der Waals surface area contributed by atoms with E-state index in [4.69, 9.17) is 0 Å². The fraction of sp³-hybridized carbons (Fsp3) is 0.167. The van der Waals surface area contributed by atoms with E-state index in [1.165, 1.54) is 17.4 Å². The van der Waals surface area contributed by atoms with Crippen molar-refractivity contribution < 1.29 is 18.3 Å². The standard InChI is InChI=1S/C18H14F3NOS/c1-17(23,13-7-3-2-4-8-13)16-22-15(11-24-16)12-6-5-9-14(10-12)18(19,20)21/h2-11,23H,1H3. The van der Waals surface area contributed by atoms with Gasteiger partial charge in [0.15, 0.2) is 0 Å². The van der Waals surface area contributed by atoms with Gasteiger partial charge in [-0.1, -0.05) is 42.5 Å². The van der Waals surface area contributed by atoms with Gasteiger partial charge in [0.05, 0.1) is 11.3 Å². The SMILES string of the molecule is CC(O)(c1ccccc1)c1nc(-c2cccc(C(F)(F)F)c2)cs1. The van der Waals surface area contributed by atoms with Crippen LogP contribution in [0.3, 0.4) is 0 Å². The summed E-state index contributed by atoms with van der Waals surface area (Å²) in [4.78, 5) is 4.35. The van der Waals surface area contributed by atoms with E-state index in [0.29, 0.717) is 21.8 Å². The molecule has 0 radical (unpaired) electrons. The molecule has 0 aliphatic heterocycles. The highest BCUT2D eigenvalue weighted by molar-refractivity contribution is 7.10. The van der Waals surface area contributed by atoms with Gasteiger partial charge in [0, 0.05) is 10.9 Å². The van der Waals surface area contributed by atoms with Gasteiger partial charge in [0.2, 0.25) is 0 Å². The van der Waals surface area contributed by atoms with Crippen molar-refractivity contribution in [1.29, 1.82) is 0 Å². The molecule has 0 aliphatic carbocycles. The number of thiazole rings is 1. The van der Waals surface area contributed by atoms with Gasteiger partial charge in [-0.05, 0) is 24.6 Å². The number of aromatic nitrogens is 1. The molecule has 3 rings (SSSR count). The summed E-state index contributed by atoms with van der Waals surface area (Å²) in [6.07, 6.45) is -4.40. The van der Waals surface area contributed by atoms with Gasteiger partial charge in [0.1, 0.15) is 10.6 Å². The van der Waals surface area contributed by atoms with Gasteiger partial charge in [0.25, 0.3) is 0 Å². The average molecular weight is 349 g/mol. The van der Waals surface area contributed by atoms with Crippen molar-refractivity contribution >= 4 is 11.3 Å². The molecule has 1 aromatic heterocycles. The molecule has 0 fully saturated rings. The average Bonchev–Trinajstić information content (AvgIpc) is 3.06. The normalized spacial score (nSPS) is 14.4. The second-order valence-corrected chi connectivity index (χ2v) is 6.41. The first-order valence-electron chi connectivity index (χ1n) is 7.20. The number of nitrogens with zero attached hydrogens (tertiary/aromatic N) is 1. The third kappa shape index (κ3) is 3.20. The largest absolute Gasteiger partial charge is 0.416 e. The van der Waals surface area contributed by atoms with Crippen molar-refractivity contribution in [3.63, 3.8) is 0 Å². The molecule has 0 aliphatic rings. The van der Waals surface area contributed by atoms with Crippen LogP contribution in [-0.4, -0.2) is 10.1 Å². The van der Waals surface area contributed by atoms with Crippen LogP contribution < -0.4 is 0 Å². The summed E-state index contributed by atoms with van der Waals surface area (Å²) in [6, 6.07) is 14.0. The molecule has 6 heteroatoms. The van der Waals surface area contributed by atoms with E-state index < -0.39 is 17.3 Å². The van der Waals surface area contributed by atoms with Crippen LogP contribution in [0, 0.1) is 0 Å². The quantitative estimate of drug-likeness (QED) is 0.715. The van der Waals surface area contributed by atoms with E-state index in [0.717, 1.165) is 12.1 Å². The van der Waals surface area contributed by atoms with Crippen LogP contribution in [0.2, 0.25) is 0 Å². The Balaban J connectivity index is 1.97. The molecular weight excluding hydrogens is 335 g/mol. The minimum Gasteiger partial charge on any atom is -0.378 e. The van der Waals surface area contributed by atoms with Gasteiger partial charge < -0.3 is 5.11 Å². The Morgan fingerprint density at radius 3 is 2.29 bits per heavy atom. The first-order valence-corrected chi connectivity index (χ1v) is 8.08. The molecule has 0 bridgehead atoms. The lowest BCUT2D eigenvalue weighted by atomic mass is 9.97. The van der Waals surface area contributed by atoms with Crippen LogP contribution in [-0.2, 0) is 11.8 Å². The van der Waals surface area contributed by atoms with E-state index in [1.807, 2.05) is 18.2 Å². The van der Waals surface area contributed by atoms with Crippen molar-refractivity contribution in [2.75, 3.05) is 0 Å². The zero-order valence-electron chi connectivity index (χ0n) is 12.7. The minimum atomic E-state index is -4.40. The Bertz CT molecular complexity index is 841. The van der Waals surface area contributed by atoms with Gasteiger partial charge in [-0.2, -0.15) is 13.2 Å². The zero-order chi connectivity index (χ0) is 17.4. The first kappa shape index (κ1) is 16.7. The lowest BCUT2D eigenvalue weighted by Crippen LogP contribution is -2.22. The van der Waals surface area contributed by atoms with Crippen LogP contribution in [0.15, 0.2) is 60.0 Å². The third-order valence-corrected chi connectivity index (χ3v) is 4.80. The number of hydrogen-bond donors (Lipinski definition) is 1. The zero-order valence-corrected chi connectivity index (χ0v) is 13.5. The van der Waals surface area contributed by atoms with Crippen LogP contribution >= 0.6 is 11.3 Å². The fourth-order valence-electron chi connectivity index (χ4n) is 2.37. The molecule has 0 spiro atoms. The molecular formula is C18H14F3NOS. The number of hydrogen-bond acceptors (Lipinski definition) is 3. The van der Waals surface area contributed by atoms with Gasteiger partial charge in [-0.3, -0.25) is 0 Å². The van der Waals surface area contributed by atoms with E-state index >= 15 is 0 Å². The number of benzene rings is 2. The van der Waals surface area contributed by atoms with E-state index in [9.17, 15) is 18.3 Å². The van der Waals surface area contributed by atoms with E-state index in [2.05, 4.69) is 4.98 Å². The summed E-state index contributed by atoms with van der Waals surface area (Å²) >= 11 is 1.22. The fourth-order valence-corrected chi connectivity index (χ4v) is 3.28. The smallest absolute Gasteiger partial charge is 0.378 e. The van der Waals surface area contributed by atoms with Crippen molar-refractivity contribution in [3.8, 4) is 11.3 Å². The van der Waals surface area contributed by atoms with E-state index in [1.54, 1.807) is 30.5 Å². The summed E-state index contributed by atoms with van der Waals surface area (Å²) in [5.41, 5.74) is -0.556. The monoisotopic (exact) mass is 349 g/mol. The Labute approximate surface area is 141 Å². The Morgan fingerprint density at radius 2 is 1.62 bits per heavy atom. The van der Waals surface area contributed by atoms with Crippen LogP contribution in [0.25, 0.3) is 11.3 Å². The molecule has 1 N–H and O–H groups in total. The highest BCUT2D eigenvalue weighted by Crippen LogP contribution is 2.35. The number of rotatable bonds is 3. The van der Waals surface area contributed by atoms with Crippen LogP contribution in [0.1, 0.15) is 23.1 Å². The Kier molecular flexibility index (Phi) is 4.19. The van der Waals surface area contributed by atoms with Crippen molar-refractivity contribution in [1.82, 2.24) is 4.98 Å². The van der Waals surface area contributed by atoms with Crippen LogP contribution in [0.4, 0.5) is 13.2 Å². The van der Waals surface area contributed by atoms with Crippen molar-refractivity contribution in [2.24, 2.45) is 0 Å². The Hall–Kier alpha value is -2.18. The molecule has 1 unspecified atom stereocenters. The molecule has 24 heavy (non-hydrogen) atoms. The van der Waals surface area contributed by atoms with Crippen LogP contribution in [0.5, 0.6) is 0 Å².